The predicted molar refractivity (Wildman–Crippen MR) is 39.5 cm³/mol. The summed E-state index contributed by atoms with van der Waals surface area (Å²) in [6.07, 6.45) is 8.33. The van der Waals surface area contributed by atoms with Gasteiger partial charge in [0.25, 0.3) is 5.97 Å². The van der Waals surface area contributed by atoms with Gasteiger partial charge in [-0.2, -0.15) is 6.08 Å². The van der Waals surface area contributed by atoms with Gasteiger partial charge >= 0.3 is 0 Å². The molecule has 1 radical (unpaired) electrons. The summed E-state index contributed by atoms with van der Waals surface area (Å²) in [4.78, 5) is 9.00. The topological polar surface area (TPSA) is 37.3 Å². The van der Waals surface area contributed by atoms with E-state index < -0.39 is 5.97 Å². The van der Waals surface area contributed by atoms with E-state index >= 15 is 0 Å². The summed E-state index contributed by atoms with van der Waals surface area (Å²) in [5, 5.41) is 7.42. The molecule has 1 aliphatic rings. The Morgan fingerprint density at radius 3 is 2.27 bits per heavy atom. The zero-order valence-electron chi connectivity index (χ0n) is 6.60. The molecule has 11 heavy (non-hydrogen) atoms. The summed E-state index contributed by atoms with van der Waals surface area (Å²) in [5.41, 5.74) is 1.27. The van der Waals surface area contributed by atoms with Crippen LogP contribution in [0, 0.1) is 6.08 Å². The number of aliphatic carboxylic acids is 1. The van der Waals surface area contributed by atoms with Crippen molar-refractivity contribution in [1.29, 1.82) is 0 Å². The average Bonchev–Trinajstić information content (AvgIpc) is 2.15. The molecule has 0 aliphatic heterocycles. The van der Waals surface area contributed by atoms with E-state index in [0.29, 0.717) is 0 Å². The zero-order valence-corrected chi connectivity index (χ0v) is 7.78. The summed E-state index contributed by atoms with van der Waals surface area (Å²) in [6, 6.07) is 0. The molecule has 0 unspecified atom stereocenters. The monoisotopic (exact) mass is 194 g/mol. The van der Waals surface area contributed by atoms with Gasteiger partial charge in [0, 0.05) is 24.0 Å². The van der Waals surface area contributed by atoms with Gasteiger partial charge in [-0.05, 0) is 0 Å². The van der Waals surface area contributed by atoms with Gasteiger partial charge < -0.3 is 5.11 Å². The van der Waals surface area contributed by atoms with Crippen LogP contribution in [0.1, 0.15) is 20.3 Å². The molecule has 0 spiro atoms. The molecule has 0 amide bonds. The normalized spacial score (nSPS) is 12.4. The molecule has 3 heteroatoms. The van der Waals surface area contributed by atoms with E-state index in [9.17, 15) is 0 Å². The first-order valence-corrected chi connectivity index (χ1v) is 3.06. The first-order valence-electron chi connectivity index (χ1n) is 3.06. The third kappa shape index (κ3) is 12.6. The summed E-state index contributed by atoms with van der Waals surface area (Å²) in [5.74, 6) is -0.833. The van der Waals surface area contributed by atoms with Crippen LogP contribution in [0.3, 0.4) is 0 Å². The van der Waals surface area contributed by atoms with E-state index in [2.05, 4.69) is 25.2 Å². The Hall–Kier alpha value is -0.531. The quantitative estimate of drug-likeness (QED) is 0.471. The van der Waals surface area contributed by atoms with Gasteiger partial charge in [-0.25, -0.2) is 11.6 Å². The number of carboxylic acid groups (broad SMARTS) is 1. The minimum atomic E-state index is -0.833. The van der Waals surface area contributed by atoms with Crippen molar-refractivity contribution in [3.63, 3.8) is 0 Å². The van der Waals surface area contributed by atoms with E-state index in [0.717, 1.165) is 13.3 Å². The fourth-order valence-corrected chi connectivity index (χ4v) is 0.515. The first-order chi connectivity index (χ1) is 4.63. The smallest absolute Gasteiger partial charge is 0.300 e. The standard InChI is InChI=1S/C6H7.C2H4O2.Mn/c1-6-4-2-3-5-6;1-2(3)4;/h2,4H,3H2,1H3;1H3,(H,3,4);/q-1;;. The largest absolute Gasteiger partial charge is 0.481 e. The van der Waals surface area contributed by atoms with Crippen molar-refractivity contribution in [2.24, 2.45) is 0 Å². The van der Waals surface area contributed by atoms with Gasteiger partial charge in [-0.1, -0.05) is 6.92 Å². The van der Waals surface area contributed by atoms with Crippen molar-refractivity contribution >= 4 is 5.97 Å². The molecule has 0 heterocycles. The van der Waals surface area contributed by atoms with E-state index in [-0.39, 0.29) is 17.1 Å². The molecule has 0 aromatic carbocycles. The SMILES string of the molecule is CC(=O)O.CC1=[C-]CC=C1.[Mn]. The Labute approximate surface area is 77.5 Å². The molecule has 0 saturated carbocycles. The fourth-order valence-electron chi connectivity index (χ4n) is 0.515. The summed E-state index contributed by atoms with van der Waals surface area (Å²) >= 11 is 0. The number of hydrogen-bond acceptors (Lipinski definition) is 1. The van der Waals surface area contributed by atoms with Gasteiger partial charge in [-0.3, -0.25) is 10.9 Å². The molecule has 0 aromatic rings. The number of carbonyl (C=O) groups is 1. The van der Waals surface area contributed by atoms with Crippen molar-refractivity contribution in [1.82, 2.24) is 0 Å². The van der Waals surface area contributed by atoms with Crippen LogP contribution in [-0.4, -0.2) is 11.1 Å². The molecule has 1 N–H and O–H groups in total. The second-order valence-electron chi connectivity index (χ2n) is 1.99. The molecule has 1 rings (SSSR count). The van der Waals surface area contributed by atoms with E-state index in [4.69, 9.17) is 9.90 Å². The summed E-state index contributed by atoms with van der Waals surface area (Å²) < 4.78 is 0. The van der Waals surface area contributed by atoms with Crippen LogP contribution in [-0.2, 0) is 21.9 Å². The van der Waals surface area contributed by atoms with Crippen molar-refractivity contribution in [2.75, 3.05) is 0 Å². The molecule has 0 saturated heterocycles. The van der Waals surface area contributed by atoms with Crippen LogP contribution in [0.4, 0.5) is 0 Å². The van der Waals surface area contributed by atoms with Crippen LogP contribution in [0.2, 0.25) is 0 Å². The maximum atomic E-state index is 9.00. The Morgan fingerprint density at radius 1 is 1.73 bits per heavy atom. The maximum absolute atomic E-state index is 9.00. The first kappa shape index (κ1) is 13.1. The minimum Gasteiger partial charge on any atom is -0.481 e. The average molecular weight is 194 g/mol. The molecular formula is C8H11MnO2-. The molecule has 0 atom stereocenters. The molecule has 0 bridgehead atoms. The molecule has 0 aromatic heterocycles. The molecule has 63 valence electrons. The van der Waals surface area contributed by atoms with E-state index in [1.54, 1.807) is 0 Å². The van der Waals surface area contributed by atoms with Crippen molar-refractivity contribution < 1.29 is 27.0 Å². The molecule has 0 fully saturated rings. The third-order valence-corrected chi connectivity index (χ3v) is 0.867. The Bertz CT molecular complexity index is 164. The third-order valence-electron chi connectivity index (χ3n) is 0.867. The zero-order chi connectivity index (χ0) is 7.98. The van der Waals surface area contributed by atoms with Crippen molar-refractivity contribution in [3.8, 4) is 0 Å². The molecule has 2 nitrogen and oxygen atoms in total. The predicted octanol–water partition coefficient (Wildman–Crippen LogP) is 1.78. The van der Waals surface area contributed by atoms with Gasteiger partial charge in [0.2, 0.25) is 0 Å². The Balaban J connectivity index is 0. The van der Waals surface area contributed by atoms with Crippen LogP contribution in [0.15, 0.2) is 17.7 Å². The second-order valence-corrected chi connectivity index (χ2v) is 1.99. The Kier molecular flexibility index (Phi) is 9.01. The van der Waals surface area contributed by atoms with E-state index in [1.807, 2.05) is 0 Å². The van der Waals surface area contributed by atoms with Crippen LogP contribution >= 0.6 is 0 Å². The van der Waals surface area contributed by atoms with Crippen molar-refractivity contribution in [3.05, 3.63) is 23.8 Å². The maximum Gasteiger partial charge on any atom is 0.300 e. The van der Waals surface area contributed by atoms with Crippen LogP contribution < -0.4 is 0 Å². The fraction of sp³-hybridized carbons (Fsp3) is 0.375. The van der Waals surface area contributed by atoms with E-state index in [1.165, 1.54) is 5.57 Å². The van der Waals surface area contributed by atoms with Gasteiger partial charge in [0.05, 0.1) is 0 Å². The summed E-state index contributed by atoms with van der Waals surface area (Å²) in [7, 11) is 0. The van der Waals surface area contributed by atoms with Gasteiger partial charge in [0.15, 0.2) is 0 Å². The van der Waals surface area contributed by atoms with Crippen LogP contribution in [0.5, 0.6) is 0 Å². The van der Waals surface area contributed by atoms with Gasteiger partial charge in [-0.15, -0.1) is 6.42 Å². The van der Waals surface area contributed by atoms with Crippen LogP contribution in [0.25, 0.3) is 0 Å². The van der Waals surface area contributed by atoms with Gasteiger partial charge in [0.1, 0.15) is 0 Å². The number of hydrogen-bond donors (Lipinski definition) is 1. The van der Waals surface area contributed by atoms with Crippen molar-refractivity contribution in [2.45, 2.75) is 20.3 Å². The second kappa shape index (κ2) is 7.58. The molecule has 1 aliphatic carbocycles. The Morgan fingerprint density at radius 2 is 2.18 bits per heavy atom. The number of allylic oxidation sites excluding steroid dienone is 4. The minimum absolute atomic E-state index is 0. The number of rotatable bonds is 0. The summed E-state index contributed by atoms with van der Waals surface area (Å²) in [6.45, 7) is 3.14. The number of carboxylic acids is 1. The molecular weight excluding hydrogens is 183 g/mol.